The van der Waals surface area contributed by atoms with Crippen molar-refractivity contribution in [2.75, 3.05) is 6.54 Å². The zero-order valence-corrected chi connectivity index (χ0v) is 11.6. The van der Waals surface area contributed by atoms with Crippen molar-refractivity contribution in [1.29, 1.82) is 0 Å². The van der Waals surface area contributed by atoms with Crippen LogP contribution in [-0.4, -0.2) is 34.3 Å². The number of rotatable bonds is 3. The summed E-state index contributed by atoms with van der Waals surface area (Å²) in [4.78, 5) is 25.5. The van der Waals surface area contributed by atoms with Crippen molar-refractivity contribution in [1.82, 2.24) is 4.90 Å². The molecule has 4 heteroatoms. The van der Waals surface area contributed by atoms with Crippen LogP contribution in [0.5, 0.6) is 0 Å². The number of ketones is 1. The van der Waals surface area contributed by atoms with Gasteiger partial charge in [0.25, 0.3) is 0 Å². The van der Waals surface area contributed by atoms with E-state index in [-0.39, 0.29) is 12.0 Å². The summed E-state index contributed by atoms with van der Waals surface area (Å²) < 4.78 is 0. The van der Waals surface area contributed by atoms with E-state index in [0.717, 1.165) is 24.9 Å². The minimum absolute atomic E-state index is 0.0793. The lowest BCUT2D eigenvalue weighted by atomic mass is 9.71. The minimum Gasteiger partial charge on any atom is -0.478 e. The molecular formula is C16H19NO3. The molecule has 0 amide bonds. The van der Waals surface area contributed by atoms with Crippen molar-refractivity contribution >= 4 is 11.8 Å². The first-order valence-electron chi connectivity index (χ1n) is 7.23. The normalized spacial score (nSPS) is 29.6. The SMILES string of the molecule is CCN1C2CCC(C(=O)C2)C1c1ccc(C(=O)O)cc1. The number of carbonyl (C=O) groups excluding carboxylic acids is 1. The smallest absolute Gasteiger partial charge is 0.335 e. The molecule has 2 heterocycles. The van der Waals surface area contributed by atoms with Gasteiger partial charge in [-0.15, -0.1) is 0 Å². The highest BCUT2D eigenvalue weighted by Crippen LogP contribution is 2.45. The lowest BCUT2D eigenvalue weighted by molar-refractivity contribution is -0.137. The lowest BCUT2D eigenvalue weighted by Gasteiger charge is -2.50. The molecule has 0 aromatic heterocycles. The van der Waals surface area contributed by atoms with Crippen molar-refractivity contribution in [3.63, 3.8) is 0 Å². The monoisotopic (exact) mass is 273 g/mol. The van der Waals surface area contributed by atoms with E-state index >= 15 is 0 Å². The van der Waals surface area contributed by atoms with Gasteiger partial charge in [-0.05, 0) is 37.1 Å². The summed E-state index contributed by atoms with van der Waals surface area (Å²) in [7, 11) is 0. The molecule has 3 fully saturated rings. The van der Waals surface area contributed by atoms with Crippen LogP contribution in [0.3, 0.4) is 0 Å². The molecule has 0 spiro atoms. The summed E-state index contributed by atoms with van der Waals surface area (Å²) >= 11 is 0. The molecule has 4 rings (SSSR count). The molecule has 2 aliphatic heterocycles. The third-order valence-corrected chi connectivity index (χ3v) is 4.73. The van der Waals surface area contributed by atoms with E-state index < -0.39 is 5.97 Å². The zero-order chi connectivity index (χ0) is 14.3. The van der Waals surface area contributed by atoms with Crippen molar-refractivity contribution < 1.29 is 14.7 Å². The molecule has 1 aliphatic carbocycles. The molecular weight excluding hydrogens is 254 g/mol. The molecule has 106 valence electrons. The molecule has 0 radical (unpaired) electrons. The number of piperidine rings is 2. The molecule has 3 atom stereocenters. The Kier molecular flexibility index (Phi) is 3.34. The second-order valence-corrected chi connectivity index (χ2v) is 5.71. The number of hydrogen-bond donors (Lipinski definition) is 1. The van der Waals surface area contributed by atoms with Crippen LogP contribution in [0.2, 0.25) is 0 Å². The van der Waals surface area contributed by atoms with Crippen molar-refractivity contribution in [2.45, 2.75) is 38.3 Å². The Balaban J connectivity index is 1.94. The van der Waals surface area contributed by atoms with Crippen LogP contribution in [0.4, 0.5) is 0 Å². The molecule has 1 saturated carbocycles. The number of carboxylic acids is 1. The fraction of sp³-hybridized carbons (Fsp3) is 0.500. The fourth-order valence-electron chi connectivity index (χ4n) is 3.80. The van der Waals surface area contributed by atoms with E-state index in [9.17, 15) is 9.59 Å². The van der Waals surface area contributed by atoms with Gasteiger partial charge in [0.1, 0.15) is 5.78 Å². The Morgan fingerprint density at radius 3 is 2.55 bits per heavy atom. The van der Waals surface area contributed by atoms with Crippen LogP contribution in [-0.2, 0) is 4.79 Å². The van der Waals surface area contributed by atoms with Gasteiger partial charge in [0.05, 0.1) is 5.56 Å². The van der Waals surface area contributed by atoms with Crippen LogP contribution < -0.4 is 0 Å². The standard InChI is InChI=1S/C16H19NO3/c1-2-17-12-7-8-13(14(18)9-12)15(17)10-3-5-11(6-4-10)16(19)20/h3-6,12-13,15H,2,7-9H2,1H3,(H,19,20). The minimum atomic E-state index is -0.912. The quantitative estimate of drug-likeness (QED) is 0.919. The molecule has 1 aromatic rings. The Morgan fingerprint density at radius 2 is 2.00 bits per heavy atom. The highest BCUT2D eigenvalue weighted by atomic mass is 16.4. The molecule has 1 N–H and O–H groups in total. The van der Waals surface area contributed by atoms with E-state index in [1.54, 1.807) is 12.1 Å². The number of Topliss-reactive ketones (excluding diaryl/α,β-unsaturated/α-hetero) is 1. The fourth-order valence-corrected chi connectivity index (χ4v) is 3.80. The summed E-state index contributed by atoms with van der Waals surface area (Å²) in [5.41, 5.74) is 1.36. The first-order valence-corrected chi connectivity index (χ1v) is 7.23. The van der Waals surface area contributed by atoms with E-state index in [2.05, 4.69) is 11.8 Å². The van der Waals surface area contributed by atoms with Crippen LogP contribution in [0.1, 0.15) is 48.1 Å². The van der Waals surface area contributed by atoms with Gasteiger partial charge in [-0.1, -0.05) is 19.1 Å². The lowest BCUT2D eigenvalue weighted by Crippen LogP contribution is -2.54. The van der Waals surface area contributed by atoms with Gasteiger partial charge < -0.3 is 5.11 Å². The van der Waals surface area contributed by atoms with Gasteiger partial charge in [0.15, 0.2) is 0 Å². The summed E-state index contributed by atoms with van der Waals surface area (Å²) in [6.07, 6.45) is 2.75. The van der Waals surface area contributed by atoms with E-state index in [1.165, 1.54) is 0 Å². The van der Waals surface area contributed by atoms with Crippen molar-refractivity contribution in [3.8, 4) is 0 Å². The van der Waals surface area contributed by atoms with Crippen LogP contribution >= 0.6 is 0 Å². The number of carbonyl (C=O) groups is 2. The molecule has 3 unspecified atom stereocenters. The summed E-state index contributed by atoms with van der Waals surface area (Å²) in [6.45, 7) is 3.06. The maximum Gasteiger partial charge on any atom is 0.335 e. The van der Waals surface area contributed by atoms with Crippen molar-refractivity contribution in [2.24, 2.45) is 5.92 Å². The van der Waals surface area contributed by atoms with Gasteiger partial charge in [-0.3, -0.25) is 9.69 Å². The van der Waals surface area contributed by atoms with Gasteiger partial charge in [0.2, 0.25) is 0 Å². The average Bonchev–Trinajstić information content (AvgIpc) is 2.47. The summed E-state index contributed by atoms with van der Waals surface area (Å²) in [6, 6.07) is 7.50. The summed E-state index contributed by atoms with van der Waals surface area (Å²) in [5, 5.41) is 8.97. The number of carboxylic acid groups (broad SMARTS) is 1. The van der Waals surface area contributed by atoms with Crippen LogP contribution in [0, 0.1) is 5.92 Å². The molecule has 2 saturated heterocycles. The Labute approximate surface area is 118 Å². The second kappa shape index (κ2) is 5.02. The second-order valence-electron chi connectivity index (χ2n) is 5.71. The van der Waals surface area contributed by atoms with Crippen LogP contribution in [0.25, 0.3) is 0 Å². The zero-order valence-electron chi connectivity index (χ0n) is 11.6. The maximum atomic E-state index is 12.2. The van der Waals surface area contributed by atoms with E-state index in [0.29, 0.717) is 23.8 Å². The Hall–Kier alpha value is -1.68. The molecule has 2 bridgehead atoms. The number of benzene rings is 1. The van der Waals surface area contributed by atoms with Crippen LogP contribution in [0.15, 0.2) is 24.3 Å². The molecule has 1 aromatic carbocycles. The highest BCUT2D eigenvalue weighted by Gasteiger charge is 2.46. The largest absolute Gasteiger partial charge is 0.478 e. The summed E-state index contributed by atoms with van der Waals surface area (Å²) in [5.74, 6) is -0.459. The number of fused-ring (bicyclic) bond motifs is 3. The predicted molar refractivity (Wildman–Crippen MR) is 74.7 cm³/mol. The number of hydrogen-bond acceptors (Lipinski definition) is 3. The predicted octanol–water partition coefficient (Wildman–Crippen LogP) is 2.50. The van der Waals surface area contributed by atoms with Gasteiger partial charge in [0, 0.05) is 24.4 Å². The van der Waals surface area contributed by atoms with Gasteiger partial charge in [-0.25, -0.2) is 4.79 Å². The maximum absolute atomic E-state index is 12.2. The molecule has 20 heavy (non-hydrogen) atoms. The van der Waals surface area contributed by atoms with Gasteiger partial charge in [-0.2, -0.15) is 0 Å². The average molecular weight is 273 g/mol. The first kappa shape index (κ1) is 13.3. The van der Waals surface area contributed by atoms with E-state index in [4.69, 9.17) is 5.11 Å². The number of nitrogens with zero attached hydrogens (tertiary/aromatic N) is 1. The number of aromatic carboxylic acids is 1. The third kappa shape index (κ3) is 2.04. The molecule has 4 nitrogen and oxygen atoms in total. The first-order chi connectivity index (χ1) is 9.61. The Bertz CT molecular complexity index is 537. The topological polar surface area (TPSA) is 57.6 Å². The molecule has 3 aliphatic rings. The van der Waals surface area contributed by atoms with E-state index in [1.807, 2.05) is 12.1 Å². The van der Waals surface area contributed by atoms with Crippen molar-refractivity contribution in [3.05, 3.63) is 35.4 Å². The third-order valence-electron chi connectivity index (χ3n) is 4.73. The Morgan fingerprint density at radius 1 is 1.30 bits per heavy atom. The highest BCUT2D eigenvalue weighted by molar-refractivity contribution is 5.87. The van der Waals surface area contributed by atoms with Gasteiger partial charge >= 0.3 is 5.97 Å².